The highest BCUT2D eigenvalue weighted by Gasteiger charge is 2.30. The third-order valence-corrected chi connectivity index (χ3v) is 2.69. The predicted molar refractivity (Wildman–Crippen MR) is 64.8 cm³/mol. The quantitative estimate of drug-likeness (QED) is 0.900. The maximum absolute atomic E-state index is 12.5. The van der Waals surface area contributed by atoms with Gasteiger partial charge in [0.1, 0.15) is 6.23 Å². The number of ether oxygens (including phenoxy) is 1. The van der Waals surface area contributed by atoms with Crippen LogP contribution in [-0.4, -0.2) is 19.4 Å². The summed E-state index contributed by atoms with van der Waals surface area (Å²) in [6.45, 7) is 1.51. The molecule has 1 aliphatic rings. The summed E-state index contributed by atoms with van der Waals surface area (Å²) in [6.07, 6.45) is -3.05. The van der Waals surface area contributed by atoms with Crippen molar-refractivity contribution in [3.63, 3.8) is 0 Å². The molecule has 0 bridgehead atoms. The summed E-state index contributed by atoms with van der Waals surface area (Å²) in [6, 6.07) is 5.38. The van der Waals surface area contributed by atoms with E-state index >= 15 is 0 Å². The topological polar surface area (TPSA) is 21.3 Å². The van der Waals surface area contributed by atoms with Crippen molar-refractivity contribution < 1.29 is 17.9 Å². The Morgan fingerprint density at radius 3 is 2.72 bits per heavy atom. The van der Waals surface area contributed by atoms with Gasteiger partial charge in [-0.15, -0.1) is 12.4 Å². The molecule has 1 saturated heterocycles. The molecule has 18 heavy (non-hydrogen) atoms. The first-order valence-electron chi connectivity index (χ1n) is 5.57. The van der Waals surface area contributed by atoms with Gasteiger partial charge in [0.15, 0.2) is 0 Å². The molecule has 1 atom stereocenters. The molecule has 0 aliphatic carbocycles. The van der Waals surface area contributed by atoms with Gasteiger partial charge in [-0.25, -0.2) is 0 Å². The lowest BCUT2D eigenvalue weighted by atomic mass is 10.1. The van der Waals surface area contributed by atoms with Crippen LogP contribution in [0.4, 0.5) is 13.2 Å². The van der Waals surface area contributed by atoms with Crippen molar-refractivity contribution in [1.82, 2.24) is 5.32 Å². The number of halogens is 4. The summed E-state index contributed by atoms with van der Waals surface area (Å²) >= 11 is 0. The fourth-order valence-electron chi connectivity index (χ4n) is 1.84. The van der Waals surface area contributed by atoms with Gasteiger partial charge in [-0.3, -0.25) is 5.32 Å². The Bertz CT molecular complexity index is 378. The molecule has 0 spiro atoms. The SMILES string of the molecule is Cl.FC(F)(F)c1cccc(CC2NCCCO2)c1. The average molecular weight is 282 g/mol. The van der Waals surface area contributed by atoms with Gasteiger partial charge >= 0.3 is 6.18 Å². The molecular weight excluding hydrogens is 267 g/mol. The van der Waals surface area contributed by atoms with Crippen LogP contribution in [0.1, 0.15) is 17.5 Å². The summed E-state index contributed by atoms with van der Waals surface area (Å²) in [4.78, 5) is 0. The van der Waals surface area contributed by atoms with Crippen LogP contribution in [0.15, 0.2) is 24.3 Å². The first kappa shape index (κ1) is 15.3. The predicted octanol–water partition coefficient (Wildman–Crippen LogP) is 3.01. The second kappa shape index (κ2) is 6.41. The Labute approximate surface area is 110 Å². The molecule has 1 N–H and O–H groups in total. The minimum absolute atomic E-state index is 0. The largest absolute Gasteiger partial charge is 0.416 e. The molecule has 0 amide bonds. The minimum atomic E-state index is -4.28. The van der Waals surface area contributed by atoms with Crippen molar-refractivity contribution >= 4 is 12.4 Å². The summed E-state index contributed by atoms with van der Waals surface area (Å²) < 4.78 is 42.9. The Morgan fingerprint density at radius 1 is 1.33 bits per heavy atom. The van der Waals surface area contributed by atoms with E-state index in [9.17, 15) is 13.2 Å². The maximum Gasteiger partial charge on any atom is 0.416 e. The first-order chi connectivity index (χ1) is 8.05. The number of alkyl halides is 3. The zero-order chi connectivity index (χ0) is 12.3. The molecule has 1 aromatic rings. The summed E-state index contributed by atoms with van der Waals surface area (Å²) in [7, 11) is 0. The minimum Gasteiger partial charge on any atom is -0.363 e. The van der Waals surface area contributed by atoms with Crippen LogP contribution in [-0.2, 0) is 17.3 Å². The smallest absolute Gasteiger partial charge is 0.363 e. The first-order valence-corrected chi connectivity index (χ1v) is 5.57. The Kier molecular flexibility index (Phi) is 5.44. The molecule has 102 valence electrons. The van der Waals surface area contributed by atoms with Crippen LogP contribution in [0, 0.1) is 0 Å². The van der Waals surface area contributed by atoms with Gasteiger partial charge in [0.05, 0.1) is 5.56 Å². The van der Waals surface area contributed by atoms with E-state index in [0.717, 1.165) is 19.0 Å². The molecule has 1 unspecified atom stereocenters. The van der Waals surface area contributed by atoms with Crippen molar-refractivity contribution in [2.45, 2.75) is 25.2 Å². The second-order valence-corrected chi connectivity index (χ2v) is 4.07. The van der Waals surface area contributed by atoms with E-state index in [1.165, 1.54) is 12.1 Å². The molecule has 6 heteroatoms. The van der Waals surface area contributed by atoms with Crippen LogP contribution in [0.5, 0.6) is 0 Å². The van der Waals surface area contributed by atoms with Gasteiger partial charge in [0.25, 0.3) is 0 Å². The lowest BCUT2D eigenvalue weighted by Crippen LogP contribution is -2.39. The second-order valence-electron chi connectivity index (χ2n) is 4.07. The average Bonchev–Trinajstić information content (AvgIpc) is 2.29. The van der Waals surface area contributed by atoms with Gasteiger partial charge < -0.3 is 4.74 Å². The van der Waals surface area contributed by atoms with Crippen molar-refractivity contribution in [1.29, 1.82) is 0 Å². The van der Waals surface area contributed by atoms with Crippen molar-refractivity contribution in [3.8, 4) is 0 Å². The maximum atomic E-state index is 12.5. The van der Waals surface area contributed by atoms with Gasteiger partial charge in [-0.1, -0.05) is 18.2 Å². The van der Waals surface area contributed by atoms with E-state index in [0.29, 0.717) is 18.6 Å². The van der Waals surface area contributed by atoms with E-state index in [1.807, 2.05) is 0 Å². The molecule has 1 aliphatic heterocycles. The summed E-state index contributed by atoms with van der Waals surface area (Å²) in [5.74, 6) is 0. The van der Waals surface area contributed by atoms with Crippen LogP contribution in [0.3, 0.4) is 0 Å². The molecule has 2 nitrogen and oxygen atoms in total. The fraction of sp³-hybridized carbons (Fsp3) is 0.500. The van der Waals surface area contributed by atoms with Crippen molar-refractivity contribution in [3.05, 3.63) is 35.4 Å². The third-order valence-electron chi connectivity index (χ3n) is 2.69. The molecular formula is C12H15ClF3NO. The molecule has 0 aromatic heterocycles. The number of hydrogen-bond acceptors (Lipinski definition) is 2. The molecule has 0 radical (unpaired) electrons. The molecule has 2 rings (SSSR count). The zero-order valence-electron chi connectivity index (χ0n) is 9.67. The number of benzene rings is 1. The van der Waals surface area contributed by atoms with Crippen molar-refractivity contribution in [2.75, 3.05) is 13.2 Å². The zero-order valence-corrected chi connectivity index (χ0v) is 10.5. The molecule has 1 heterocycles. The van der Waals surface area contributed by atoms with E-state index < -0.39 is 11.7 Å². The summed E-state index contributed by atoms with van der Waals surface area (Å²) in [5, 5.41) is 3.12. The number of rotatable bonds is 2. The van der Waals surface area contributed by atoms with Crippen LogP contribution in [0.25, 0.3) is 0 Å². The van der Waals surface area contributed by atoms with E-state index in [1.54, 1.807) is 6.07 Å². The molecule has 1 aromatic carbocycles. The highest BCUT2D eigenvalue weighted by Crippen LogP contribution is 2.29. The standard InChI is InChI=1S/C12H14F3NO.ClH/c13-12(14,15)10-4-1-3-9(7-10)8-11-16-5-2-6-17-11;/h1,3-4,7,11,16H,2,5-6,8H2;1H. The van der Waals surface area contributed by atoms with E-state index in [4.69, 9.17) is 4.74 Å². The van der Waals surface area contributed by atoms with Gasteiger partial charge in [-0.05, 0) is 24.6 Å². The van der Waals surface area contributed by atoms with Gasteiger partial charge in [-0.2, -0.15) is 13.2 Å². The Morgan fingerprint density at radius 2 is 2.11 bits per heavy atom. The highest BCUT2D eigenvalue weighted by atomic mass is 35.5. The van der Waals surface area contributed by atoms with Crippen molar-refractivity contribution in [2.24, 2.45) is 0 Å². The van der Waals surface area contributed by atoms with Crippen LogP contribution < -0.4 is 5.32 Å². The van der Waals surface area contributed by atoms with Gasteiger partial charge in [0.2, 0.25) is 0 Å². The number of nitrogens with one attached hydrogen (secondary N) is 1. The summed E-state index contributed by atoms with van der Waals surface area (Å²) in [5.41, 5.74) is 0.0324. The Hall–Kier alpha value is -0.780. The fourth-order valence-corrected chi connectivity index (χ4v) is 1.84. The lowest BCUT2D eigenvalue weighted by Gasteiger charge is -2.24. The third kappa shape index (κ3) is 4.15. The van der Waals surface area contributed by atoms with Crippen LogP contribution in [0.2, 0.25) is 0 Å². The normalized spacial score (nSPS) is 20.3. The Balaban J connectivity index is 0.00000162. The van der Waals surface area contributed by atoms with Crippen LogP contribution >= 0.6 is 12.4 Å². The molecule has 0 saturated carbocycles. The van der Waals surface area contributed by atoms with Gasteiger partial charge in [0, 0.05) is 13.0 Å². The van der Waals surface area contributed by atoms with E-state index in [-0.39, 0.29) is 18.6 Å². The lowest BCUT2D eigenvalue weighted by molar-refractivity contribution is -0.137. The number of hydrogen-bond donors (Lipinski definition) is 1. The highest BCUT2D eigenvalue weighted by molar-refractivity contribution is 5.85. The van der Waals surface area contributed by atoms with E-state index in [2.05, 4.69) is 5.32 Å². The monoisotopic (exact) mass is 281 g/mol. The molecule has 1 fully saturated rings.